The van der Waals surface area contributed by atoms with Gasteiger partial charge >= 0.3 is 11.9 Å². The van der Waals surface area contributed by atoms with Crippen molar-refractivity contribution in [2.24, 2.45) is 11.8 Å². The molecule has 0 aromatic heterocycles. The molecule has 34 heavy (non-hydrogen) atoms. The highest BCUT2D eigenvalue weighted by Gasteiger charge is 2.31. The normalized spacial score (nSPS) is 12.3. The van der Waals surface area contributed by atoms with Gasteiger partial charge in [-0.15, -0.1) is 0 Å². The molecule has 0 saturated carbocycles. The van der Waals surface area contributed by atoms with Crippen LogP contribution in [-0.2, 0) is 31.9 Å². The van der Waals surface area contributed by atoms with Crippen molar-refractivity contribution in [3.63, 3.8) is 0 Å². The smallest absolute Gasteiger partial charge is 0.309 e. The molecule has 8 nitrogen and oxygen atoms in total. The van der Waals surface area contributed by atoms with Crippen LogP contribution < -0.4 is 18.9 Å². The lowest BCUT2D eigenvalue weighted by molar-refractivity contribution is -0.148. The highest BCUT2D eigenvalue weighted by molar-refractivity contribution is 5.73. The first-order valence-electron chi connectivity index (χ1n) is 11.0. The summed E-state index contributed by atoms with van der Waals surface area (Å²) in [6, 6.07) is 11.2. The molecule has 0 heterocycles. The zero-order valence-corrected chi connectivity index (χ0v) is 20.7. The van der Waals surface area contributed by atoms with Crippen molar-refractivity contribution in [3.05, 3.63) is 47.5 Å². The Morgan fingerprint density at radius 2 is 1.18 bits per heavy atom. The SMILES string of the molecule is COC(=O)CC[C@@H](Cc1ccc(OC)c(OC)c1)[C@H](Cc1ccc(OC)c(OC)c1)C(=O)OC. The van der Waals surface area contributed by atoms with Gasteiger partial charge < -0.3 is 28.4 Å². The average molecular weight is 475 g/mol. The standard InChI is InChI=1S/C26H34O8/c1-29-21-10-7-17(15-23(21)31-3)13-19(9-12-25(27)33-5)20(26(28)34-6)14-18-8-11-22(30-2)24(16-18)32-4/h7-8,10-11,15-16,19-20H,9,12-14H2,1-6H3/t19-,20-/m0/s1. The molecule has 0 spiro atoms. The molecule has 2 aromatic carbocycles. The number of hydrogen-bond donors (Lipinski definition) is 0. The number of methoxy groups -OCH3 is 6. The van der Waals surface area contributed by atoms with Gasteiger partial charge in [0.05, 0.1) is 48.6 Å². The number of esters is 2. The van der Waals surface area contributed by atoms with Crippen LogP contribution in [0.2, 0.25) is 0 Å². The number of carbonyl (C=O) groups is 2. The first kappa shape index (κ1) is 26.8. The van der Waals surface area contributed by atoms with E-state index in [-0.39, 0.29) is 24.3 Å². The molecule has 0 radical (unpaired) electrons. The molecule has 2 atom stereocenters. The Morgan fingerprint density at radius 3 is 1.62 bits per heavy atom. The lowest BCUT2D eigenvalue weighted by Gasteiger charge is -2.26. The van der Waals surface area contributed by atoms with Crippen LogP contribution in [-0.4, -0.2) is 54.6 Å². The fraction of sp³-hybridized carbons (Fsp3) is 0.462. The van der Waals surface area contributed by atoms with Gasteiger partial charge in [0.2, 0.25) is 0 Å². The lowest BCUT2D eigenvalue weighted by atomic mass is 9.80. The average Bonchev–Trinajstić information content (AvgIpc) is 2.88. The highest BCUT2D eigenvalue weighted by Crippen LogP contribution is 2.34. The molecular formula is C26H34O8. The van der Waals surface area contributed by atoms with Crippen molar-refractivity contribution in [2.75, 3.05) is 42.7 Å². The summed E-state index contributed by atoms with van der Waals surface area (Å²) < 4.78 is 31.5. The second-order valence-electron chi connectivity index (χ2n) is 7.79. The lowest BCUT2D eigenvalue weighted by Crippen LogP contribution is -2.29. The number of benzene rings is 2. The molecule has 0 N–H and O–H groups in total. The van der Waals surface area contributed by atoms with E-state index in [1.165, 1.54) is 14.2 Å². The summed E-state index contributed by atoms with van der Waals surface area (Å²) >= 11 is 0. The predicted molar refractivity (Wildman–Crippen MR) is 127 cm³/mol. The second-order valence-corrected chi connectivity index (χ2v) is 7.79. The zero-order valence-electron chi connectivity index (χ0n) is 20.7. The summed E-state index contributed by atoms with van der Waals surface area (Å²) in [5, 5.41) is 0. The van der Waals surface area contributed by atoms with Crippen LogP contribution in [0.15, 0.2) is 36.4 Å². The monoisotopic (exact) mass is 474 g/mol. The third-order valence-corrected chi connectivity index (χ3v) is 5.87. The van der Waals surface area contributed by atoms with E-state index in [0.29, 0.717) is 42.3 Å². The molecule has 0 aliphatic rings. The Hall–Kier alpha value is -3.42. The van der Waals surface area contributed by atoms with E-state index < -0.39 is 5.92 Å². The minimum atomic E-state index is -0.499. The third-order valence-electron chi connectivity index (χ3n) is 5.87. The Kier molecular flexibility index (Phi) is 10.5. The van der Waals surface area contributed by atoms with Crippen LogP contribution >= 0.6 is 0 Å². The molecule has 0 unspecified atom stereocenters. The molecule has 2 rings (SSSR count). The maximum Gasteiger partial charge on any atom is 0.309 e. The van der Waals surface area contributed by atoms with Crippen molar-refractivity contribution in [1.82, 2.24) is 0 Å². The Labute approximate surface area is 201 Å². The number of ether oxygens (including phenoxy) is 6. The molecule has 0 saturated heterocycles. The summed E-state index contributed by atoms with van der Waals surface area (Å²) in [5.41, 5.74) is 1.84. The largest absolute Gasteiger partial charge is 0.493 e. The van der Waals surface area contributed by atoms with Crippen LogP contribution in [0.4, 0.5) is 0 Å². The van der Waals surface area contributed by atoms with Crippen LogP contribution in [0.25, 0.3) is 0 Å². The van der Waals surface area contributed by atoms with Gasteiger partial charge in [-0.25, -0.2) is 0 Å². The van der Waals surface area contributed by atoms with E-state index >= 15 is 0 Å². The van der Waals surface area contributed by atoms with E-state index in [0.717, 1.165) is 11.1 Å². The Morgan fingerprint density at radius 1 is 0.676 bits per heavy atom. The van der Waals surface area contributed by atoms with Gasteiger partial charge in [0.25, 0.3) is 0 Å². The quantitative estimate of drug-likeness (QED) is 0.404. The van der Waals surface area contributed by atoms with Gasteiger partial charge in [-0.05, 0) is 60.6 Å². The van der Waals surface area contributed by atoms with E-state index in [4.69, 9.17) is 28.4 Å². The summed E-state index contributed by atoms with van der Waals surface area (Å²) in [7, 11) is 9.01. The van der Waals surface area contributed by atoms with Gasteiger partial charge in [0.15, 0.2) is 23.0 Å². The number of rotatable bonds is 13. The Bertz CT molecular complexity index is 956. The molecule has 8 heteroatoms. The highest BCUT2D eigenvalue weighted by atomic mass is 16.5. The van der Waals surface area contributed by atoms with Crippen LogP contribution in [0.3, 0.4) is 0 Å². The number of hydrogen-bond acceptors (Lipinski definition) is 8. The van der Waals surface area contributed by atoms with Crippen molar-refractivity contribution in [2.45, 2.75) is 25.7 Å². The first-order chi connectivity index (χ1) is 16.4. The van der Waals surface area contributed by atoms with E-state index in [2.05, 4.69) is 0 Å². The topological polar surface area (TPSA) is 89.5 Å². The summed E-state index contributed by atoms with van der Waals surface area (Å²) in [5.74, 6) is 1.03. The molecule has 0 aliphatic carbocycles. The maximum atomic E-state index is 12.9. The van der Waals surface area contributed by atoms with Gasteiger partial charge in [0, 0.05) is 6.42 Å². The minimum absolute atomic E-state index is 0.188. The minimum Gasteiger partial charge on any atom is -0.493 e. The zero-order chi connectivity index (χ0) is 25.1. The van der Waals surface area contributed by atoms with Gasteiger partial charge in [-0.2, -0.15) is 0 Å². The van der Waals surface area contributed by atoms with Crippen LogP contribution in [0.1, 0.15) is 24.0 Å². The number of carbonyl (C=O) groups excluding carboxylic acids is 2. The first-order valence-corrected chi connectivity index (χ1v) is 11.0. The van der Waals surface area contributed by atoms with Crippen molar-refractivity contribution in [3.8, 4) is 23.0 Å². The van der Waals surface area contributed by atoms with Crippen LogP contribution in [0, 0.1) is 11.8 Å². The van der Waals surface area contributed by atoms with Crippen molar-refractivity contribution >= 4 is 11.9 Å². The maximum absolute atomic E-state index is 12.9. The fourth-order valence-electron chi connectivity index (χ4n) is 4.02. The summed E-state index contributed by atoms with van der Waals surface area (Å²) in [6.45, 7) is 0. The van der Waals surface area contributed by atoms with E-state index in [9.17, 15) is 9.59 Å². The fourth-order valence-corrected chi connectivity index (χ4v) is 4.02. The third kappa shape index (κ3) is 7.04. The predicted octanol–water partition coefficient (Wildman–Crippen LogP) is 3.86. The van der Waals surface area contributed by atoms with E-state index in [1.54, 1.807) is 34.5 Å². The molecule has 186 valence electrons. The molecule has 2 aromatic rings. The summed E-state index contributed by atoms with van der Waals surface area (Å²) in [4.78, 5) is 24.8. The Balaban J connectivity index is 2.40. The second kappa shape index (κ2) is 13.3. The van der Waals surface area contributed by atoms with Gasteiger partial charge in [-0.1, -0.05) is 12.1 Å². The molecule has 0 fully saturated rings. The van der Waals surface area contributed by atoms with Crippen LogP contribution in [0.5, 0.6) is 23.0 Å². The summed E-state index contributed by atoms with van der Waals surface area (Å²) in [6.07, 6.45) is 1.58. The molecule has 0 aliphatic heterocycles. The van der Waals surface area contributed by atoms with E-state index in [1.807, 2.05) is 30.3 Å². The van der Waals surface area contributed by atoms with Crippen molar-refractivity contribution in [1.29, 1.82) is 0 Å². The van der Waals surface area contributed by atoms with Gasteiger partial charge in [0.1, 0.15) is 0 Å². The van der Waals surface area contributed by atoms with Gasteiger partial charge in [-0.3, -0.25) is 9.59 Å². The molecule has 0 bridgehead atoms. The molecular weight excluding hydrogens is 440 g/mol. The van der Waals surface area contributed by atoms with Crippen molar-refractivity contribution < 1.29 is 38.0 Å². The molecule has 0 amide bonds.